The maximum atomic E-state index is 12.4. The molecule has 1 aromatic heterocycles. The molecule has 0 spiro atoms. The molecule has 0 unspecified atom stereocenters. The third-order valence-corrected chi connectivity index (χ3v) is 4.83. The molecule has 1 saturated heterocycles. The highest BCUT2D eigenvalue weighted by atomic mass is 32.1. The third-order valence-electron chi connectivity index (χ3n) is 4.12. The molecule has 0 aliphatic carbocycles. The zero-order valence-corrected chi connectivity index (χ0v) is 13.5. The minimum absolute atomic E-state index is 0.0438. The molecule has 3 rings (SSSR count). The van der Waals surface area contributed by atoms with Gasteiger partial charge in [-0.25, -0.2) is 4.79 Å². The van der Waals surface area contributed by atoms with Crippen LogP contribution >= 0.6 is 11.3 Å². The topological polar surface area (TPSA) is 75.4 Å². The fourth-order valence-electron chi connectivity index (χ4n) is 2.89. The van der Waals surface area contributed by atoms with E-state index in [1.54, 1.807) is 35.6 Å². The average Bonchev–Trinajstić information content (AvgIpc) is 3.23. The van der Waals surface area contributed by atoms with Gasteiger partial charge in [-0.05, 0) is 52.9 Å². The van der Waals surface area contributed by atoms with Crippen molar-refractivity contribution in [3.63, 3.8) is 0 Å². The molecule has 3 amide bonds. The van der Waals surface area contributed by atoms with Crippen molar-refractivity contribution in [2.45, 2.75) is 25.4 Å². The molecule has 6 heteroatoms. The van der Waals surface area contributed by atoms with Gasteiger partial charge in [-0.1, -0.05) is 12.1 Å². The molecule has 1 aromatic carbocycles. The summed E-state index contributed by atoms with van der Waals surface area (Å²) >= 11 is 1.66. The molecule has 0 radical (unpaired) electrons. The van der Waals surface area contributed by atoms with Crippen LogP contribution in [0.4, 0.5) is 4.79 Å². The van der Waals surface area contributed by atoms with Crippen LogP contribution in [-0.2, 0) is 6.54 Å². The van der Waals surface area contributed by atoms with E-state index in [0.717, 1.165) is 24.9 Å². The van der Waals surface area contributed by atoms with Crippen LogP contribution in [0, 0.1) is 0 Å². The predicted octanol–water partition coefficient (Wildman–Crippen LogP) is 2.89. The molecule has 5 nitrogen and oxygen atoms in total. The van der Waals surface area contributed by atoms with E-state index in [2.05, 4.69) is 16.8 Å². The Bertz CT molecular complexity index is 682. The second-order valence-electron chi connectivity index (χ2n) is 5.63. The zero-order chi connectivity index (χ0) is 16.2. The van der Waals surface area contributed by atoms with Gasteiger partial charge in [0.15, 0.2) is 0 Å². The number of nitrogens with zero attached hydrogens (tertiary/aromatic N) is 1. The number of hydrogen-bond acceptors (Lipinski definition) is 3. The quantitative estimate of drug-likeness (QED) is 0.905. The molecule has 0 saturated carbocycles. The van der Waals surface area contributed by atoms with E-state index in [0.29, 0.717) is 12.1 Å². The largest absolute Gasteiger partial charge is 0.366 e. The minimum Gasteiger partial charge on any atom is -0.366 e. The van der Waals surface area contributed by atoms with Crippen LogP contribution in [-0.4, -0.2) is 23.4 Å². The van der Waals surface area contributed by atoms with E-state index in [1.807, 2.05) is 10.3 Å². The van der Waals surface area contributed by atoms with Crippen LogP contribution in [0.1, 0.15) is 40.4 Å². The Hall–Kier alpha value is -2.34. The van der Waals surface area contributed by atoms with Crippen molar-refractivity contribution in [3.05, 3.63) is 57.8 Å². The Morgan fingerprint density at radius 3 is 2.70 bits per heavy atom. The van der Waals surface area contributed by atoms with Crippen LogP contribution in [0.15, 0.2) is 41.1 Å². The number of nitrogens with two attached hydrogens (primary N) is 1. The van der Waals surface area contributed by atoms with Gasteiger partial charge in [0.2, 0.25) is 5.91 Å². The van der Waals surface area contributed by atoms with E-state index in [9.17, 15) is 9.59 Å². The van der Waals surface area contributed by atoms with Gasteiger partial charge in [-0.15, -0.1) is 0 Å². The highest BCUT2D eigenvalue weighted by Gasteiger charge is 2.29. The molecule has 3 N–H and O–H groups in total. The van der Waals surface area contributed by atoms with Crippen LogP contribution in [0.5, 0.6) is 0 Å². The number of amides is 3. The van der Waals surface area contributed by atoms with Gasteiger partial charge in [-0.3, -0.25) is 4.79 Å². The summed E-state index contributed by atoms with van der Waals surface area (Å²) in [6, 6.07) is 9.18. The number of rotatable bonds is 4. The normalized spacial score (nSPS) is 17.2. The summed E-state index contributed by atoms with van der Waals surface area (Å²) in [5.41, 5.74) is 7.84. The second kappa shape index (κ2) is 6.83. The van der Waals surface area contributed by atoms with E-state index < -0.39 is 5.91 Å². The van der Waals surface area contributed by atoms with Crippen molar-refractivity contribution in [2.24, 2.45) is 5.73 Å². The van der Waals surface area contributed by atoms with Crippen LogP contribution in [0.2, 0.25) is 0 Å². The van der Waals surface area contributed by atoms with E-state index in [1.165, 1.54) is 5.56 Å². The number of carbonyl (C=O) groups is 2. The summed E-state index contributed by atoms with van der Waals surface area (Å²) in [4.78, 5) is 25.4. The molecule has 1 aliphatic rings. The van der Waals surface area contributed by atoms with Gasteiger partial charge in [-0.2, -0.15) is 11.3 Å². The number of nitrogens with one attached hydrogen (secondary N) is 1. The Morgan fingerprint density at radius 2 is 2.04 bits per heavy atom. The monoisotopic (exact) mass is 329 g/mol. The molecule has 1 atom stereocenters. The van der Waals surface area contributed by atoms with Crippen LogP contribution in [0.25, 0.3) is 0 Å². The Kier molecular flexibility index (Phi) is 4.62. The van der Waals surface area contributed by atoms with Gasteiger partial charge < -0.3 is 16.0 Å². The van der Waals surface area contributed by atoms with Crippen molar-refractivity contribution in [3.8, 4) is 0 Å². The lowest BCUT2D eigenvalue weighted by atomic mass is 10.1. The zero-order valence-electron chi connectivity index (χ0n) is 12.7. The molecular weight excluding hydrogens is 310 g/mol. The summed E-state index contributed by atoms with van der Waals surface area (Å²) in [5, 5.41) is 7.11. The number of urea groups is 1. The lowest BCUT2D eigenvalue weighted by Crippen LogP contribution is -2.39. The lowest BCUT2D eigenvalue weighted by molar-refractivity contribution is 0.1000. The number of hydrogen-bond donors (Lipinski definition) is 2. The number of benzene rings is 1. The van der Waals surface area contributed by atoms with Gasteiger partial charge in [0.1, 0.15) is 0 Å². The summed E-state index contributed by atoms with van der Waals surface area (Å²) < 4.78 is 0. The van der Waals surface area contributed by atoms with Gasteiger partial charge in [0.05, 0.1) is 6.04 Å². The van der Waals surface area contributed by atoms with E-state index >= 15 is 0 Å². The first-order valence-corrected chi connectivity index (χ1v) is 8.55. The Balaban J connectivity index is 1.59. The highest BCUT2D eigenvalue weighted by molar-refractivity contribution is 7.07. The van der Waals surface area contributed by atoms with Gasteiger partial charge in [0.25, 0.3) is 0 Å². The molecule has 2 aromatic rings. The van der Waals surface area contributed by atoms with Crippen LogP contribution in [0.3, 0.4) is 0 Å². The molecule has 120 valence electrons. The third kappa shape index (κ3) is 3.53. The molecule has 1 aliphatic heterocycles. The molecule has 1 fully saturated rings. The summed E-state index contributed by atoms with van der Waals surface area (Å²) in [6.07, 6.45) is 2.04. The summed E-state index contributed by atoms with van der Waals surface area (Å²) in [6.45, 7) is 1.22. The van der Waals surface area contributed by atoms with Crippen molar-refractivity contribution in [2.75, 3.05) is 6.54 Å². The van der Waals surface area contributed by atoms with E-state index in [-0.39, 0.29) is 12.1 Å². The fourth-order valence-corrected chi connectivity index (χ4v) is 3.59. The van der Waals surface area contributed by atoms with Gasteiger partial charge in [0, 0.05) is 18.7 Å². The Labute approximate surface area is 139 Å². The van der Waals surface area contributed by atoms with Crippen LogP contribution < -0.4 is 11.1 Å². The minimum atomic E-state index is -0.448. The first-order chi connectivity index (χ1) is 11.1. The van der Waals surface area contributed by atoms with Crippen molar-refractivity contribution < 1.29 is 9.59 Å². The first kappa shape index (κ1) is 15.6. The standard InChI is InChI=1S/C17H19N3O2S/c18-16(21)13-5-3-12(4-6-13)10-19-17(22)20-8-1-2-15(20)14-7-9-23-11-14/h3-7,9,11,15H,1-2,8,10H2,(H2,18,21)(H,19,22)/t15-/m0/s1. The molecule has 0 bridgehead atoms. The highest BCUT2D eigenvalue weighted by Crippen LogP contribution is 2.32. The van der Waals surface area contributed by atoms with Crippen molar-refractivity contribution in [1.82, 2.24) is 10.2 Å². The molecular formula is C17H19N3O2S. The average molecular weight is 329 g/mol. The fraction of sp³-hybridized carbons (Fsp3) is 0.294. The maximum absolute atomic E-state index is 12.4. The summed E-state index contributed by atoms with van der Waals surface area (Å²) in [5.74, 6) is -0.448. The second-order valence-corrected chi connectivity index (χ2v) is 6.41. The number of thiophene rings is 1. The smallest absolute Gasteiger partial charge is 0.318 e. The van der Waals surface area contributed by atoms with Crippen molar-refractivity contribution >= 4 is 23.3 Å². The summed E-state index contributed by atoms with van der Waals surface area (Å²) in [7, 11) is 0. The van der Waals surface area contributed by atoms with Gasteiger partial charge >= 0.3 is 6.03 Å². The number of primary amides is 1. The number of likely N-dealkylation sites (tertiary alicyclic amines) is 1. The molecule has 2 heterocycles. The molecule has 23 heavy (non-hydrogen) atoms. The predicted molar refractivity (Wildman–Crippen MR) is 90.2 cm³/mol. The first-order valence-electron chi connectivity index (χ1n) is 7.60. The maximum Gasteiger partial charge on any atom is 0.318 e. The van der Waals surface area contributed by atoms with E-state index in [4.69, 9.17) is 5.73 Å². The lowest BCUT2D eigenvalue weighted by Gasteiger charge is -2.24. The van der Waals surface area contributed by atoms with Crippen molar-refractivity contribution in [1.29, 1.82) is 0 Å². The Morgan fingerprint density at radius 1 is 1.26 bits per heavy atom. The SMILES string of the molecule is NC(=O)c1ccc(CNC(=O)N2CCC[C@H]2c2ccsc2)cc1. The number of carbonyl (C=O) groups excluding carboxylic acids is 2.